The van der Waals surface area contributed by atoms with E-state index in [-0.39, 0.29) is 6.09 Å². The van der Waals surface area contributed by atoms with Crippen LogP contribution < -0.4 is 0 Å². The lowest BCUT2D eigenvalue weighted by Crippen LogP contribution is -2.39. The van der Waals surface area contributed by atoms with Crippen LogP contribution in [0.5, 0.6) is 0 Å². The van der Waals surface area contributed by atoms with Crippen LogP contribution in [0.25, 0.3) is 0 Å². The number of carbonyl (C=O) groups excluding carboxylic acids is 1. The van der Waals surface area contributed by atoms with Crippen molar-refractivity contribution < 1.29 is 9.53 Å². The summed E-state index contributed by atoms with van der Waals surface area (Å²) in [6.45, 7) is 5.71. The van der Waals surface area contributed by atoms with Crippen molar-refractivity contribution in [2.45, 2.75) is 64.5 Å². The molecular weight excluding hydrogens is 337 g/mol. The zero-order valence-electron chi connectivity index (χ0n) is 10.2. The zero-order valence-corrected chi connectivity index (χ0v) is 13.1. The monoisotopic (exact) mass is 357 g/mol. The van der Waals surface area contributed by atoms with Crippen LogP contribution in [0.2, 0.25) is 0 Å². The maximum Gasteiger partial charge on any atom is 0.421 e. The number of rotatable bonds is 2. The number of nitrogens with zero attached hydrogens (tertiary/aromatic N) is 1. The van der Waals surface area contributed by atoms with Gasteiger partial charge in [-0.1, -0.05) is 19.3 Å². The highest BCUT2D eigenvalue weighted by Gasteiger charge is 2.29. The number of hydrogen-bond acceptors (Lipinski definition) is 3. The van der Waals surface area contributed by atoms with Crippen LogP contribution in [0, 0.1) is 0 Å². The highest BCUT2D eigenvalue weighted by molar-refractivity contribution is 14.2. The summed E-state index contributed by atoms with van der Waals surface area (Å²) in [5.41, 5.74) is -0.406. The Morgan fingerprint density at radius 1 is 1.31 bits per heavy atom. The maximum absolute atomic E-state index is 12.0. The average Bonchev–Trinajstić information content (AvgIpc) is 2.17. The summed E-state index contributed by atoms with van der Waals surface area (Å²) >= 11 is 2.16. The molecule has 0 saturated heterocycles. The largest absolute Gasteiger partial charge is 0.443 e. The molecule has 1 amide bonds. The maximum atomic E-state index is 12.0. The van der Waals surface area contributed by atoms with E-state index in [2.05, 4.69) is 21.2 Å². The molecule has 1 saturated carbocycles. The fourth-order valence-electron chi connectivity index (χ4n) is 1.86. The Bertz CT molecular complexity index is 237. The molecule has 16 heavy (non-hydrogen) atoms. The highest BCUT2D eigenvalue weighted by Crippen LogP contribution is 2.32. The average molecular weight is 357 g/mol. The molecule has 0 unspecified atom stereocenters. The van der Waals surface area contributed by atoms with Crippen LogP contribution in [0.3, 0.4) is 0 Å². The number of ether oxygens (including phenoxy) is 1. The van der Waals surface area contributed by atoms with Gasteiger partial charge in [0.15, 0.2) is 0 Å². The van der Waals surface area contributed by atoms with Gasteiger partial charge >= 0.3 is 6.09 Å². The van der Waals surface area contributed by atoms with E-state index in [1.807, 2.05) is 20.8 Å². The summed E-state index contributed by atoms with van der Waals surface area (Å²) in [6.07, 6.45) is 5.76. The molecule has 1 aliphatic carbocycles. The molecule has 3 nitrogen and oxygen atoms in total. The van der Waals surface area contributed by atoms with Crippen molar-refractivity contribution in [1.29, 1.82) is 0 Å². The lowest BCUT2D eigenvalue weighted by Gasteiger charge is -2.32. The first-order valence-electron chi connectivity index (χ1n) is 5.75. The molecular formula is C11H20INO2S. The summed E-state index contributed by atoms with van der Waals surface area (Å²) in [4.78, 5) is 12.0. The second-order valence-corrected chi connectivity index (χ2v) is 6.88. The molecule has 94 valence electrons. The van der Waals surface area contributed by atoms with Crippen LogP contribution in [0.4, 0.5) is 4.79 Å². The van der Waals surface area contributed by atoms with Gasteiger partial charge in [-0.15, -0.1) is 0 Å². The van der Waals surface area contributed by atoms with Gasteiger partial charge in [-0.25, -0.2) is 9.10 Å². The van der Waals surface area contributed by atoms with Crippen molar-refractivity contribution in [2.24, 2.45) is 0 Å². The molecule has 0 aromatic rings. The van der Waals surface area contributed by atoms with Crippen LogP contribution in [0.15, 0.2) is 0 Å². The predicted octanol–water partition coefficient (Wildman–Crippen LogP) is 4.55. The molecule has 0 N–H and O–H groups in total. The van der Waals surface area contributed by atoms with E-state index < -0.39 is 5.60 Å². The Balaban J connectivity index is 2.55. The summed E-state index contributed by atoms with van der Waals surface area (Å²) in [6, 6.07) is 0.352. The van der Waals surface area contributed by atoms with Crippen molar-refractivity contribution in [3.8, 4) is 0 Å². The van der Waals surface area contributed by atoms with E-state index in [4.69, 9.17) is 4.74 Å². The Labute approximate surface area is 114 Å². The molecule has 1 aliphatic rings. The molecule has 0 atom stereocenters. The normalized spacial score (nSPS) is 18.2. The third kappa shape index (κ3) is 4.69. The van der Waals surface area contributed by atoms with E-state index >= 15 is 0 Å². The summed E-state index contributed by atoms with van der Waals surface area (Å²) < 4.78 is 7.20. The Kier molecular flexibility index (Phi) is 5.70. The topological polar surface area (TPSA) is 29.5 Å². The highest BCUT2D eigenvalue weighted by atomic mass is 127. The number of hydrogen-bond donors (Lipinski definition) is 0. The van der Waals surface area contributed by atoms with Gasteiger partial charge in [0.2, 0.25) is 0 Å². The molecule has 1 fully saturated rings. The molecule has 0 radical (unpaired) electrons. The first-order chi connectivity index (χ1) is 7.44. The smallest absolute Gasteiger partial charge is 0.421 e. The molecule has 5 heteroatoms. The number of halogens is 1. The minimum atomic E-state index is -0.406. The summed E-state index contributed by atoms with van der Waals surface area (Å²) in [7, 11) is 1.45. The zero-order chi connectivity index (χ0) is 12.2. The van der Waals surface area contributed by atoms with Crippen molar-refractivity contribution >= 4 is 36.4 Å². The first kappa shape index (κ1) is 14.4. The van der Waals surface area contributed by atoms with Gasteiger partial charge in [0.05, 0.1) is 0 Å². The second kappa shape index (κ2) is 6.33. The fraction of sp³-hybridized carbons (Fsp3) is 0.909. The van der Waals surface area contributed by atoms with Gasteiger partial charge in [-0.2, -0.15) is 0 Å². The van der Waals surface area contributed by atoms with Crippen molar-refractivity contribution in [3.05, 3.63) is 0 Å². The van der Waals surface area contributed by atoms with E-state index in [0.717, 1.165) is 12.8 Å². The van der Waals surface area contributed by atoms with E-state index in [1.54, 1.807) is 4.31 Å². The van der Waals surface area contributed by atoms with Crippen LogP contribution in [-0.2, 0) is 4.74 Å². The standard InChI is InChI=1S/C11H20INO2S/c1-11(2,3)15-10(14)13(16-12)9-7-5-4-6-8-9/h9H,4-8H2,1-3H3. The molecule has 1 rings (SSSR count). The summed E-state index contributed by atoms with van der Waals surface area (Å²) in [5, 5.41) is 0. The van der Waals surface area contributed by atoms with Crippen molar-refractivity contribution in [2.75, 3.05) is 0 Å². The lowest BCUT2D eigenvalue weighted by atomic mass is 9.96. The molecule has 0 bridgehead atoms. The predicted molar refractivity (Wildman–Crippen MR) is 76.6 cm³/mol. The van der Waals surface area contributed by atoms with Gasteiger partial charge < -0.3 is 4.74 Å². The molecule has 0 heterocycles. The van der Waals surface area contributed by atoms with Gasteiger partial charge in [0.1, 0.15) is 5.60 Å². The molecule has 0 spiro atoms. The second-order valence-electron chi connectivity index (χ2n) is 5.17. The van der Waals surface area contributed by atoms with Gasteiger partial charge in [0, 0.05) is 36.4 Å². The SMILES string of the molecule is CC(C)(C)OC(=O)N(SI)C1CCCCC1. The van der Waals surface area contributed by atoms with Gasteiger partial charge in [-0.3, -0.25) is 0 Å². The van der Waals surface area contributed by atoms with Crippen LogP contribution >= 0.6 is 30.3 Å². The van der Waals surface area contributed by atoms with Gasteiger partial charge in [0.25, 0.3) is 0 Å². The number of carbonyl (C=O) groups is 1. The molecule has 0 aromatic heterocycles. The van der Waals surface area contributed by atoms with E-state index in [1.165, 1.54) is 28.4 Å². The van der Waals surface area contributed by atoms with Crippen molar-refractivity contribution in [1.82, 2.24) is 4.31 Å². The summed E-state index contributed by atoms with van der Waals surface area (Å²) in [5.74, 6) is 0. The van der Waals surface area contributed by atoms with Crippen LogP contribution in [-0.4, -0.2) is 22.0 Å². The fourth-order valence-corrected chi connectivity index (χ4v) is 3.72. The first-order valence-corrected chi connectivity index (χ1v) is 9.06. The third-order valence-corrected chi connectivity index (χ3v) is 4.42. The quantitative estimate of drug-likeness (QED) is 0.536. The minimum Gasteiger partial charge on any atom is -0.443 e. The number of amides is 1. The molecule has 0 aliphatic heterocycles. The third-order valence-electron chi connectivity index (χ3n) is 2.55. The Hall–Kier alpha value is 0.350. The Morgan fingerprint density at radius 3 is 2.31 bits per heavy atom. The lowest BCUT2D eigenvalue weighted by molar-refractivity contribution is 0.0337. The van der Waals surface area contributed by atoms with E-state index in [9.17, 15) is 4.79 Å². The van der Waals surface area contributed by atoms with Crippen LogP contribution in [0.1, 0.15) is 52.9 Å². The van der Waals surface area contributed by atoms with Gasteiger partial charge in [-0.05, 0) is 33.6 Å². The van der Waals surface area contributed by atoms with Crippen molar-refractivity contribution in [3.63, 3.8) is 0 Å². The van der Waals surface area contributed by atoms with E-state index in [0.29, 0.717) is 6.04 Å². The molecule has 0 aromatic carbocycles. The Morgan fingerprint density at radius 2 is 1.88 bits per heavy atom. The minimum absolute atomic E-state index is 0.196.